The van der Waals surface area contributed by atoms with Crippen LogP contribution in [0.3, 0.4) is 0 Å². The second kappa shape index (κ2) is 8.64. The quantitative estimate of drug-likeness (QED) is 0.580. The molecule has 3 aromatic rings. The van der Waals surface area contributed by atoms with Gasteiger partial charge in [0, 0.05) is 5.92 Å². The van der Waals surface area contributed by atoms with E-state index >= 15 is 0 Å². The van der Waals surface area contributed by atoms with Gasteiger partial charge in [0.25, 0.3) is 0 Å². The number of carbonyl (C=O) groups is 2. The SMILES string of the molecule is CC(C(=O)O)N(C(=O)OCC1c2ccccc2-c2ccccc21)C(C)c1ccccc1. The van der Waals surface area contributed by atoms with Crippen LogP contribution in [-0.2, 0) is 9.53 Å². The lowest BCUT2D eigenvalue weighted by molar-refractivity contribution is -0.142. The number of carboxylic acids is 1. The molecule has 0 bridgehead atoms. The summed E-state index contributed by atoms with van der Waals surface area (Å²) in [6.45, 7) is 3.47. The highest BCUT2D eigenvalue weighted by atomic mass is 16.6. The summed E-state index contributed by atoms with van der Waals surface area (Å²) < 4.78 is 5.74. The minimum Gasteiger partial charge on any atom is -0.480 e. The Hall–Kier alpha value is -3.60. The lowest BCUT2D eigenvalue weighted by Gasteiger charge is -2.32. The van der Waals surface area contributed by atoms with Gasteiger partial charge in [0.05, 0.1) is 6.04 Å². The van der Waals surface area contributed by atoms with Crippen LogP contribution < -0.4 is 0 Å². The van der Waals surface area contributed by atoms with Crippen molar-refractivity contribution in [3.8, 4) is 11.1 Å². The molecule has 1 aliphatic carbocycles. The van der Waals surface area contributed by atoms with Crippen molar-refractivity contribution in [1.82, 2.24) is 4.90 Å². The van der Waals surface area contributed by atoms with E-state index in [9.17, 15) is 14.7 Å². The molecule has 0 saturated heterocycles. The first-order valence-corrected chi connectivity index (χ1v) is 10.4. The topological polar surface area (TPSA) is 66.8 Å². The largest absolute Gasteiger partial charge is 0.480 e. The molecule has 1 amide bonds. The van der Waals surface area contributed by atoms with Crippen LogP contribution in [0.5, 0.6) is 0 Å². The van der Waals surface area contributed by atoms with Gasteiger partial charge in [0.1, 0.15) is 12.6 Å². The highest BCUT2D eigenvalue weighted by Gasteiger charge is 2.34. The van der Waals surface area contributed by atoms with Crippen molar-refractivity contribution in [2.75, 3.05) is 6.61 Å². The summed E-state index contributed by atoms with van der Waals surface area (Å²) in [7, 11) is 0. The van der Waals surface area contributed by atoms with Crippen molar-refractivity contribution in [2.45, 2.75) is 31.8 Å². The maximum atomic E-state index is 13.1. The zero-order valence-electron chi connectivity index (χ0n) is 17.6. The summed E-state index contributed by atoms with van der Waals surface area (Å²) in [5.41, 5.74) is 5.38. The Bertz CT molecular complexity index is 1050. The van der Waals surface area contributed by atoms with Crippen molar-refractivity contribution < 1.29 is 19.4 Å². The number of hydrogen-bond acceptors (Lipinski definition) is 3. The van der Waals surface area contributed by atoms with Crippen molar-refractivity contribution in [3.05, 3.63) is 95.6 Å². The minimum absolute atomic E-state index is 0.0784. The van der Waals surface area contributed by atoms with Crippen LogP contribution in [-0.4, -0.2) is 34.7 Å². The Morgan fingerprint density at radius 2 is 1.39 bits per heavy atom. The lowest BCUT2D eigenvalue weighted by atomic mass is 9.98. The van der Waals surface area contributed by atoms with E-state index in [0.29, 0.717) is 0 Å². The monoisotopic (exact) mass is 415 g/mol. The molecule has 158 valence electrons. The van der Waals surface area contributed by atoms with Crippen molar-refractivity contribution >= 4 is 12.1 Å². The molecule has 0 saturated carbocycles. The van der Waals surface area contributed by atoms with E-state index in [-0.39, 0.29) is 12.5 Å². The standard InChI is InChI=1S/C26H25NO4/c1-17(19-10-4-3-5-11-19)27(18(2)25(28)29)26(30)31-16-24-22-14-8-6-12-20(22)21-13-7-9-15-23(21)24/h3-15,17-18,24H,16H2,1-2H3,(H,28,29). The molecule has 2 unspecified atom stereocenters. The number of ether oxygens (including phenoxy) is 1. The predicted molar refractivity (Wildman–Crippen MR) is 119 cm³/mol. The van der Waals surface area contributed by atoms with Crippen LogP contribution in [0.1, 0.15) is 42.5 Å². The van der Waals surface area contributed by atoms with Gasteiger partial charge in [-0.05, 0) is 41.7 Å². The number of amides is 1. The highest BCUT2D eigenvalue weighted by Crippen LogP contribution is 2.44. The van der Waals surface area contributed by atoms with Crippen LogP contribution in [0.4, 0.5) is 4.79 Å². The van der Waals surface area contributed by atoms with Gasteiger partial charge in [0.2, 0.25) is 0 Å². The third-order valence-corrected chi connectivity index (χ3v) is 6.02. The number of benzene rings is 3. The van der Waals surface area contributed by atoms with Gasteiger partial charge in [-0.2, -0.15) is 0 Å². The summed E-state index contributed by atoms with van der Waals surface area (Å²) in [5.74, 6) is -1.15. The van der Waals surface area contributed by atoms with Crippen LogP contribution in [0.25, 0.3) is 11.1 Å². The zero-order chi connectivity index (χ0) is 22.0. The van der Waals surface area contributed by atoms with E-state index in [2.05, 4.69) is 24.3 Å². The van der Waals surface area contributed by atoms with E-state index in [4.69, 9.17) is 4.74 Å². The van der Waals surface area contributed by atoms with Gasteiger partial charge in [0.15, 0.2) is 0 Å². The molecule has 0 heterocycles. The number of nitrogens with zero attached hydrogens (tertiary/aromatic N) is 1. The Labute approximate surface area is 181 Å². The Morgan fingerprint density at radius 3 is 1.94 bits per heavy atom. The number of aliphatic carboxylic acids is 1. The van der Waals surface area contributed by atoms with E-state index < -0.39 is 24.1 Å². The smallest absolute Gasteiger partial charge is 0.411 e. The first kappa shape index (κ1) is 20.7. The van der Waals surface area contributed by atoms with E-state index in [1.165, 1.54) is 11.8 Å². The number of hydrogen-bond donors (Lipinski definition) is 1. The minimum atomic E-state index is -1.07. The van der Waals surface area contributed by atoms with Gasteiger partial charge in [-0.1, -0.05) is 78.9 Å². The van der Waals surface area contributed by atoms with Gasteiger partial charge in [-0.25, -0.2) is 9.59 Å². The molecular weight excluding hydrogens is 390 g/mol. The van der Waals surface area contributed by atoms with Crippen molar-refractivity contribution in [1.29, 1.82) is 0 Å². The number of rotatable bonds is 6. The highest BCUT2D eigenvalue weighted by molar-refractivity contribution is 5.81. The van der Waals surface area contributed by atoms with Gasteiger partial charge in [-0.15, -0.1) is 0 Å². The fraction of sp³-hybridized carbons (Fsp3) is 0.231. The average Bonchev–Trinajstić information content (AvgIpc) is 3.12. The number of carbonyl (C=O) groups excluding carboxylic acids is 1. The summed E-state index contributed by atoms with van der Waals surface area (Å²) in [6.07, 6.45) is -0.631. The Morgan fingerprint density at radius 1 is 0.871 bits per heavy atom. The molecule has 0 aromatic heterocycles. The van der Waals surface area contributed by atoms with E-state index in [1.54, 1.807) is 0 Å². The van der Waals surface area contributed by atoms with Gasteiger partial charge in [-0.3, -0.25) is 4.90 Å². The van der Waals surface area contributed by atoms with Crippen LogP contribution in [0.15, 0.2) is 78.9 Å². The molecule has 0 aliphatic heterocycles. The number of carboxylic acid groups (broad SMARTS) is 1. The van der Waals surface area contributed by atoms with Gasteiger partial charge >= 0.3 is 12.1 Å². The van der Waals surface area contributed by atoms with E-state index in [0.717, 1.165) is 27.8 Å². The molecule has 2 atom stereocenters. The molecule has 5 heteroatoms. The third-order valence-electron chi connectivity index (χ3n) is 6.02. The Kier molecular flexibility index (Phi) is 5.76. The van der Waals surface area contributed by atoms with Crippen LogP contribution in [0, 0.1) is 0 Å². The van der Waals surface area contributed by atoms with Crippen molar-refractivity contribution in [3.63, 3.8) is 0 Å². The average molecular weight is 415 g/mol. The molecular formula is C26H25NO4. The molecule has 0 fully saturated rings. The molecule has 0 spiro atoms. The maximum absolute atomic E-state index is 13.1. The molecule has 31 heavy (non-hydrogen) atoms. The van der Waals surface area contributed by atoms with E-state index in [1.807, 2.05) is 61.5 Å². The summed E-state index contributed by atoms with van der Waals surface area (Å²) in [6, 6.07) is 24.1. The normalized spacial score (nSPS) is 14.3. The second-order valence-corrected chi connectivity index (χ2v) is 7.81. The molecule has 1 N–H and O–H groups in total. The van der Waals surface area contributed by atoms with Crippen LogP contribution in [0.2, 0.25) is 0 Å². The Balaban J connectivity index is 1.58. The molecule has 5 nitrogen and oxygen atoms in total. The predicted octanol–water partition coefficient (Wildman–Crippen LogP) is 5.47. The molecule has 3 aromatic carbocycles. The third kappa shape index (κ3) is 3.91. The van der Waals surface area contributed by atoms with Crippen LogP contribution >= 0.6 is 0 Å². The van der Waals surface area contributed by atoms with Gasteiger partial charge < -0.3 is 9.84 Å². The summed E-state index contributed by atoms with van der Waals surface area (Å²) in [4.78, 5) is 26.1. The molecule has 4 rings (SSSR count). The summed E-state index contributed by atoms with van der Waals surface area (Å²) in [5, 5.41) is 9.59. The lowest BCUT2D eigenvalue weighted by Crippen LogP contribution is -2.45. The first-order chi connectivity index (χ1) is 15.0. The number of fused-ring (bicyclic) bond motifs is 3. The molecule has 1 aliphatic rings. The first-order valence-electron chi connectivity index (χ1n) is 10.4. The fourth-order valence-corrected chi connectivity index (χ4v) is 4.33. The molecule has 0 radical (unpaired) electrons. The second-order valence-electron chi connectivity index (χ2n) is 7.81. The summed E-state index contributed by atoms with van der Waals surface area (Å²) >= 11 is 0. The maximum Gasteiger partial charge on any atom is 0.411 e. The fourth-order valence-electron chi connectivity index (χ4n) is 4.33. The zero-order valence-corrected chi connectivity index (χ0v) is 17.6. The van der Waals surface area contributed by atoms with Crippen molar-refractivity contribution in [2.24, 2.45) is 0 Å².